The van der Waals surface area contributed by atoms with E-state index < -0.39 is 24.2 Å². The lowest BCUT2D eigenvalue weighted by atomic mass is 9.63. The van der Waals surface area contributed by atoms with Gasteiger partial charge in [-0.25, -0.2) is 0 Å². The van der Waals surface area contributed by atoms with Crippen LogP contribution in [0.1, 0.15) is 47.9 Å². The molecule has 2 aliphatic carbocycles. The van der Waals surface area contributed by atoms with Crippen molar-refractivity contribution in [3.63, 3.8) is 0 Å². The van der Waals surface area contributed by atoms with Crippen LogP contribution in [0.2, 0.25) is 5.02 Å². The Morgan fingerprint density at radius 1 is 0.931 bits per heavy atom. The second-order valence-electron chi connectivity index (χ2n) is 8.67. The minimum absolute atomic E-state index is 0.203. The molecule has 2 aromatic carbocycles. The molecular formula is C24H29ClO4. The fraction of sp³-hybridized carbons (Fsp3) is 0.500. The van der Waals surface area contributed by atoms with Crippen LogP contribution in [0.5, 0.6) is 0 Å². The molecule has 5 heteroatoms. The summed E-state index contributed by atoms with van der Waals surface area (Å²) in [6.07, 6.45) is -0.144. The zero-order chi connectivity index (χ0) is 20.8. The lowest BCUT2D eigenvalue weighted by molar-refractivity contribution is -0.157. The molecule has 156 valence electrons. The van der Waals surface area contributed by atoms with E-state index in [0.717, 1.165) is 36.0 Å². The zero-order valence-electron chi connectivity index (χ0n) is 16.6. The summed E-state index contributed by atoms with van der Waals surface area (Å²) in [6.45, 7) is 1.93. The number of halogens is 1. The van der Waals surface area contributed by atoms with Gasteiger partial charge in [-0.3, -0.25) is 0 Å². The van der Waals surface area contributed by atoms with Gasteiger partial charge in [-0.15, -0.1) is 0 Å². The van der Waals surface area contributed by atoms with Crippen LogP contribution in [-0.4, -0.2) is 45.3 Å². The molecule has 2 saturated carbocycles. The highest BCUT2D eigenvalue weighted by Gasteiger charge is 2.64. The SMILES string of the molecule is CCc1ccc(Cc2cc(C3C(O)[C@@H](O)[C@H](O)[C@@H](CO)C34CC4)ccc2Cl)cc1. The molecule has 1 spiro atoms. The molecule has 0 saturated heterocycles. The number of benzene rings is 2. The molecule has 0 aromatic heterocycles. The van der Waals surface area contributed by atoms with Crippen LogP contribution in [0, 0.1) is 11.3 Å². The van der Waals surface area contributed by atoms with Gasteiger partial charge in [0.1, 0.15) is 6.10 Å². The van der Waals surface area contributed by atoms with E-state index in [2.05, 4.69) is 31.2 Å². The Labute approximate surface area is 176 Å². The highest BCUT2D eigenvalue weighted by molar-refractivity contribution is 6.31. The van der Waals surface area contributed by atoms with E-state index in [1.807, 2.05) is 18.2 Å². The number of hydrogen-bond donors (Lipinski definition) is 4. The van der Waals surface area contributed by atoms with Gasteiger partial charge in [-0.1, -0.05) is 54.9 Å². The van der Waals surface area contributed by atoms with E-state index in [-0.39, 0.29) is 17.9 Å². The summed E-state index contributed by atoms with van der Waals surface area (Å²) in [4.78, 5) is 0. The summed E-state index contributed by atoms with van der Waals surface area (Å²) in [6, 6.07) is 14.2. The van der Waals surface area contributed by atoms with Gasteiger partial charge < -0.3 is 20.4 Å². The van der Waals surface area contributed by atoms with Gasteiger partial charge in [-0.05, 0) is 59.4 Å². The molecule has 2 aromatic rings. The molecule has 2 fully saturated rings. The van der Waals surface area contributed by atoms with Crippen molar-refractivity contribution in [2.45, 2.75) is 56.8 Å². The van der Waals surface area contributed by atoms with Crippen LogP contribution in [0.4, 0.5) is 0 Å². The van der Waals surface area contributed by atoms with Crippen molar-refractivity contribution >= 4 is 11.6 Å². The predicted octanol–water partition coefficient (Wildman–Crippen LogP) is 3.06. The van der Waals surface area contributed by atoms with Crippen LogP contribution >= 0.6 is 11.6 Å². The summed E-state index contributed by atoms with van der Waals surface area (Å²) >= 11 is 6.48. The predicted molar refractivity (Wildman–Crippen MR) is 113 cm³/mol. The van der Waals surface area contributed by atoms with Gasteiger partial charge in [-0.2, -0.15) is 0 Å². The second-order valence-corrected chi connectivity index (χ2v) is 9.08. The molecule has 29 heavy (non-hydrogen) atoms. The van der Waals surface area contributed by atoms with Crippen LogP contribution in [0.3, 0.4) is 0 Å². The average molecular weight is 417 g/mol. The molecule has 5 atom stereocenters. The molecule has 0 bridgehead atoms. The molecule has 2 unspecified atom stereocenters. The largest absolute Gasteiger partial charge is 0.396 e. The minimum Gasteiger partial charge on any atom is -0.396 e. The van der Waals surface area contributed by atoms with Crippen molar-refractivity contribution in [3.8, 4) is 0 Å². The van der Waals surface area contributed by atoms with Gasteiger partial charge in [0.15, 0.2) is 0 Å². The number of aryl methyl sites for hydroxylation is 1. The van der Waals surface area contributed by atoms with Crippen LogP contribution in [-0.2, 0) is 12.8 Å². The maximum atomic E-state index is 10.8. The molecule has 4 N–H and O–H groups in total. The molecule has 0 radical (unpaired) electrons. The normalized spacial score (nSPS) is 30.5. The first kappa shape index (κ1) is 20.8. The molecule has 4 nitrogen and oxygen atoms in total. The number of aliphatic hydroxyl groups excluding tert-OH is 4. The maximum absolute atomic E-state index is 10.8. The first-order valence-corrected chi connectivity index (χ1v) is 10.8. The molecule has 2 aliphatic rings. The quantitative estimate of drug-likeness (QED) is 0.604. The first-order chi connectivity index (χ1) is 13.9. The van der Waals surface area contributed by atoms with E-state index in [1.54, 1.807) is 0 Å². The van der Waals surface area contributed by atoms with Crippen LogP contribution < -0.4 is 0 Å². The summed E-state index contributed by atoms with van der Waals surface area (Å²) in [5.41, 5.74) is 3.95. The van der Waals surface area contributed by atoms with Gasteiger partial charge >= 0.3 is 0 Å². The third kappa shape index (κ3) is 3.62. The maximum Gasteiger partial charge on any atom is 0.107 e. The summed E-state index contributed by atoms with van der Waals surface area (Å²) in [5, 5.41) is 42.2. The zero-order valence-corrected chi connectivity index (χ0v) is 17.4. The van der Waals surface area contributed by atoms with E-state index in [9.17, 15) is 20.4 Å². The Kier molecular flexibility index (Phi) is 5.75. The Hall–Kier alpha value is -1.43. The Balaban J connectivity index is 1.67. The van der Waals surface area contributed by atoms with E-state index >= 15 is 0 Å². The number of aliphatic hydroxyl groups is 4. The van der Waals surface area contributed by atoms with Gasteiger partial charge in [0, 0.05) is 23.5 Å². The highest BCUT2D eigenvalue weighted by atomic mass is 35.5. The molecule has 0 amide bonds. The standard InChI is InChI=1S/C24H29ClO4/c1-2-14-3-5-15(6-4-14)11-17-12-16(7-8-19(17)25)20-22(28)23(29)21(27)18(13-26)24(20)9-10-24/h3-8,12,18,20-23,26-29H,2,9-11,13H2,1H3/t18-,20?,21-,22?,23+/m1/s1. The second kappa shape index (κ2) is 8.01. The van der Waals surface area contributed by atoms with Crippen molar-refractivity contribution in [2.24, 2.45) is 11.3 Å². The fourth-order valence-electron chi connectivity index (χ4n) is 5.23. The monoisotopic (exact) mass is 416 g/mol. The Morgan fingerprint density at radius 2 is 1.59 bits per heavy atom. The summed E-state index contributed by atoms with van der Waals surface area (Å²) in [5.74, 6) is -0.775. The topological polar surface area (TPSA) is 80.9 Å². The Bertz CT molecular complexity index is 862. The smallest absolute Gasteiger partial charge is 0.107 e. The number of hydrogen-bond acceptors (Lipinski definition) is 4. The summed E-state index contributed by atoms with van der Waals surface area (Å²) < 4.78 is 0. The van der Waals surface area contributed by atoms with Crippen molar-refractivity contribution in [3.05, 3.63) is 69.7 Å². The van der Waals surface area contributed by atoms with E-state index in [0.29, 0.717) is 11.4 Å². The van der Waals surface area contributed by atoms with Crippen LogP contribution in [0.25, 0.3) is 0 Å². The number of rotatable bonds is 5. The molecule has 0 heterocycles. The lowest BCUT2D eigenvalue weighted by Gasteiger charge is -2.47. The van der Waals surface area contributed by atoms with E-state index in [4.69, 9.17) is 11.6 Å². The highest BCUT2D eigenvalue weighted by Crippen LogP contribution is 2.65. The van der Waals surface area contributed by atoms with Crippen LogP contribution in [0.15, 0.2) is 42.5 Å². The summed E-state index contributed by atoms with van der Waals surface area (Å²) in [7, 11) is 0. The van der Waals surface area contributed by atoms with Crippen molar-refractivity contribution in [1.82, 2.24) is 0 Å². The lowest BCUT2D eigenvalue weighted by Crippen LogP contribution is -2.56. The van der Waals surface area contributed by atoms with Crippen molar-refractivity contribution < 1.29 is 20.4 Å². The molecule has 0 aliphatic heterocycles. The molecule has 4 rings (SSSR count). The minimum atomic E-state index is -1.27. The third-order valence-electron chi connectivity index (χ3n) is 7.09. The van der Waals surface area contributed by atoms with Gasteiger partial charge in [0.25, 0.3) is 0 Å². The average Bonchev–Trinajstić information content (AvgIpc) is 3.50. The van der Waals surface area contributed by atoms with Gasteiger partial charge in [0.05, 0.1) is 12.2 Å². The van der Waals surface area contributed by atoms with E-state index in [1.165, 1.54) is 5.56 Å². The first-order valence-electron chi connectivity index (χ1n) is 10.4. The van der Waals surface area contributed by atoms with Crippen molar-refractivity contribution in [1.29, 1.82) is 0 Å². The Morgan fingerprint density at radius 3 is 2.17 bits per heavy atom. The fourth-order valence-corrected chi connectivity index (χ4v) is 5.41. The van der Waals surface area contributed by atoms with Gasteiger partial charge in [0.2, 0.25) is 0 Å². The molecular weight excluding hydrogens is 388 g/mol. The third-order valence-corrected chi connectivity index (χ3v) is 7.46. The van der Waals surface area contributed by atoms with Crippen molar-refractivity contribution in [2.75, 3.05) is 6.61 Å².